The Hall–Kier alpha value is -0.530. The number of benzene rings is 1. The van der Waals surface area contributed by atoms with Crippen LogP contribution >= 0.6 is 23.2 Å². The van der Waals surface area contributed by atoms with Gasteiger partial charge in [0.15, 0.2) is 5.78 Å². The molecule has 0 amide bonds. The molecule has 0 spiro atoms. The molecule has 0 heterocycles. The largest absolute Gasteiger partial charge is 0.294 e. The zero-order valence-electron chi connectivity index (χ0n) is 7.81. The van der Waals surface area contributed by atoms with Crippen LogP contribution in [0.2, 0.25) is 10.0 Å². The third-order valence-corrected chi connectivity index (χ3v) is 3.43. The molecule has 1 aromatic carbocycles. The van der Waals surface area contributed by atoms with E-state index in [2.05, 4.69) is 0 Å². The van der Waals surface area contributed by atoms with Crippen LogP contribution in [0.3, 0.4) is 0 Å². The third kappa shape index (κ3) is 1.55. The molecule has 1 aliphatic carbocycles. The van der Waals surface area contributed by atoms with Crippen LogP contribution < -0.4 is 0 Å². The fraction of sp³-hybridized carbons (Fsp3) is 0.364. The van der Waals surface area contributed by atoms with Crippen molar-refractivity contribution in [2.75, 3.05) is 0 Å². The topological polar surface area (TPSA) is 17.1 Å². The molecule has 74 valence electrons. The van der Waals surface area contributed by atoms with Gasteiger partial charge in [-0.2, -0.15) is 0 Å². The molecular weight excluding hydrogens is 219 g/mol. The van der Waals surface area contributed by atoms with Crippen molar-refractivity contribution in [1.29, 1.82) is 0 Å². The summed E-state index contributed by atoms with van der Waals surface area (Å²) in [5, 5.41) is 1.00. The summed E-state index contributed by atoms with van der Waals surface area (Å²) < 4.78 is 0. The van der Waals surface area contributed by atoms with Crippen LogP contribution in [0.15, 0.2) is 12.1 Å². The predicted octanol–water partition coefficient (Wildman–Crippen LogP) is 3.76. The average molecular weight is 229 g/mol. The highest BCUT2D eigenvalue weighted by Gasteiger charge is 2.24. The van der Waals surface area contributed by atoms with Gasteiger partial charge in [-0.05, 0) is 30.5 Å². The molecule has 0 bridgehead atoms. The van der Waals surface area contributed by atoms with E-state index >= 15 is 0 Å². The van der Waals surface area contributed by atoms with Crippen molar-refractivity contribution in [3.05, 3.63) is 33.3 Å². The van der Waals surface area contributed by atoms with Crippen molar-refractivity contribution in [3.8, 4) is 0 Å². The normalized spacial score (nSPS) is 20.8. The highest BCUT2D eigenvalue weighted by molar-refractivity contribution is 6.42. The standard InChI is InChI=1S/C11H10Cl2O/c1-6-2-3-7-4-9(12)10(13)5-8(7)11(6)14/h4-6H,2-3H2,1H3. The Balaban J connectivity index is 2.56. The molecule has 0 N–H and O–H groups in total. The van der Waals surface area contributed by atoms with E-state index in [4.69, 9.17) is 23.2 Å². The van der Waals surface area contributed by atoms with Crippen molar-refractivity contribution >= 4 is 29.0 Å². The first-order valence-corrected chi connectivity index (χ1v) is 5.37. The highest BCUT2D eigenvalue weighted by Crippen LogP contribution is 2.32. The molecule has 0 fully saturated rings. The zero-order chi connectivity index (χ0) is 10.3. The van der Waals surface area contributed by atoms with Gasteiger partial charge in [0, 0.05) is 11.5 Å². The minimum Gasteiger partial charge on any atom is -0.294 e. The molecule has 0 aromatic heterocycles. The number of hydrogen-bond donors (Lipinski definition) is 0. The Morgan fingerprint density at radius 2 is 1.93 bits per heavy atom. The molecule has 1 atom stereocenters. The van der Waals surface area contributed by atoms with Crippen LogP contribution in [0.25, 0.3) is 0 Å². The van der Waals surface area contributed by atoms with Crippen molar-refractivity contribution in [3.63, 3.8) is 0 Å². The molecular formula is C11H10Cl2O. The maximum Gasteiger partial charge on any atom is 0.166 e. The van der Waals surface area contributed by atoms with Gasteiger partial charge >= 0.3 is 0 Å². The lowest BCUT2D eigenvalue weighted by molar-refractivity contribution is 0.0913. The second kappa shape index (κ2) is 3.56. The SMILES string of the molecule is CC1CCc2cc(Cl)c(Cl)cc2C1=O. The second-order valence-electron chi connectivity index (χ2n) is 3.73. The number of carbonyl (C=O) groups is 1. The molecule has 1 aliphatic rings. The van der Waals surface area contributed by atoms with Gasteiger partial charge in [0.2, 0.25) is 0 Å². The van der Waals surface area contributed by atoms with Crippen LogP contribution in [-0.2, 0) is 6.42 Å². The number of ketones is 1. The molecule has 14 heavy (non-hydrogen) atoms. The minimum absolute atomic E-state index is 0.111. The number of rotatable bonds is 0. The van der Waals surface area contributed by atoms with Gasteiger partial charge in [0.05, 0.1) is 10.0 Å². The molecule has 0 saturated carbocycles. The van der Waals surface area contributed by atoms with Crippen LogP contribution in [0, 0.1) is 5.92 Å². The lowest BCUT2D eigenvalue weighted by atomic mass is 9.84. The first-order chi connectivity index (χ1) is 6.59. The fourth-order valence-corrected chi connectivity index (χ4v) is 2.14. The van der Waals surface area contributed by atoms with Crippen molar-refractivity contribution in [1.82, 2.24) is 0 Å². The van der Waals surface area contributed by atoms with Crippen molar-refractivity contribution in [2.45, 2.75) is 19.8 Å². The van der Waals surface area contributed by atoms with Crippen molar-refractivity contribution < 1.29 is 4.79 Å². The summed E-state index contributed by atoms with van der Waals surface area (Å²) in [6.45, 7) is 1.95. The van der Waals surface area contributed by atoms with Crippen LogP contribution in [0.4, 0.5) is 0 Å². The quantitative estimate of drug-likeness (QED) is 0.661. The summed E-state index contributed by atoms with van der Waals surface area (Å²) >= 11 is 11.8. The zero-order valence-corrected chi connectivity index (χ0v) is 9.32. The van der Waals surface area contributed by atoms with Crippen LogP contribution in [0.5, 0.6) is 0 Å². The molecule has 0 aliphatic heterocycles. The van der Waals surface area contributed by atoms with E-state index in [1.807, 2.05) is 13.0 Å². The molecule has 3 heteroatoms. The molecule has 1 unspecified atom stereocenters. The summed E-state index contributed by atoms with van der Waals surface area (Å²) in [6.07, 6.45) is 1.82. The molecule has 0 saturated heterocycles. The average Bonchev–Trinajstić information content (AvgIpc) is 2.15. The van der Waals surface area contributed by atoms with Gasteiger partial charge in [-0.1, -0.05) is 30.1 Å². The summed E-state index contributed by atoms with van der Waals surface area (Å²) in [5.74, 6) is 0.296. The van der Waals surface area contributed by atoms with E-state index in [9.17, 15) is 4.79 Å². The summed E-state index contributed by atoms with van der Waals surface area (Å²) in [6, 6.07) is 3.50. The van der Waals surface area contributed by atoms with Gasteiger partial charge in [0.1, 0.15) is 0 Å². The first-order valence-electron chi connectivity index (χ1n) is 4.61. The summed E-state index contributed by atoms with van der Waals surface area (Å²) in [7, 11) is 0. The lowest BCUT2D eigenvalue weighted by Gasteiger charge is -2.20. The highest BCUT2D eigenvalue weighted by atomic mass is 35.5. The minimum atomic E-state index is 0.111. The van der Waals surface area contributed by atoms with E-state index < -0.39 is 0 Å². The number of carbonyl (C=O) groups excluding carboxylic acids is 1. The first kappa shape index (κ1) is 10.0. The number of hydrogen-bond acceptors (Lipinski definition) is 1. The van der Waals surface area contributed by atoms with Gasteiger partial charge in [-0.15, -0.1) is 0 Å². The monoisotopic (exact) mass is 228 g/mol. The predicted molar refractivity (Wildman–Crippen MR) is 58.3 cm³/mol. The molecule has 0 radical (unpaired) electrons. The third-order valence-electron chi connectivity index (χ3n) is 2.71. The van der Waals surface area contributed by atoms with Crippen LogP contribution in [0.1, 0.15) is 29.3 Å². The van der Waals surface area contributed by atoms with E-state index in [0.29, 0.717) is 10.0 Å². The maximum atomic E-state index is 11.8. The molecule has 2 rings (SSSR count). The number of aryl methyl sites for hydroxylation is 1. The fourth-order valence-electron chi connectivity index (χ4n) is 1.79. The number of fused-ring (bicyclic) bond motifs is 1. The van der Waals surface area contributed by atoms with E-state index in [0.717, 1.165) is 24.0 Å². The second-order valence-corrected chi connectivity index (χ2v) is 4.54. The Kier molecular flexibility index (Phi) is 2.54. The number of Topliss-reactive ketones (excluding diaryl/α,β-unsaturated/α-hetero) is 1. The van der Waals surface area contributed by atoms with Crippen LogP contribution in [-0.4, -0.2) is 5.78 Å². The van der Waals surface area contributed by atoms with Gasteiger partial charge < -0.3 is 0 Å². The number of halogens is 2. The summed E-state index contributed by atoms with van der Waals surface area (Å²) in [4.78, 5) is 11.8. The van der Waals surface area contributed by atoms with E-state index in [1.165, 1.54) is 0 Å². The van der Waals surface area contributed by atoms with Gasteiger partial charge in [-0.3, -0.25) is 4.79 Å². The van der Waals surface area contributed by atoms with Gasteiger partial charge in [0.25, 0.3) is 0 Å². The Bertz CT molecular complexity index is 399. The lowest BCUT2D eigenvalue weighted by Crippen LogP contribution is -2.19. The summed E-state index contributed by atoms with van der Waals surface area (Å²) in [5.41, 5.74) is 1.78. The smallest absolute Gasteiger partial charge is 0.166 e. The Labute approximate surface area is 93.0 Å². The van der Waals surface area contributed by atoms with Crippen molar-refractivity contribution in [2.24, 2.45) is 5.92 Å². The molecule has 1 aromatic rings. The Morgan fingerprint density at radius 3 is 2.64 bits per heavy atom. The van der Waals surface area contributed by atoms with Gasteiger partial charge in [-0.25, -0.2) is 0 Å². The van der Waals surface area contributed by atoms with E-state index in [-0.39, 0.29) is 11.7 Å². The molecule has 1 nitrogen and oxygen atoms in total. The maximum absolute atomic E-state index is 11.8. The Morgan fingerprint density at radius 1 is 1.29 bits per heavy atom. The van der Waals surface area contributed by atoms with E-state index in [1.54, 1.807) is 6.07 Å².